The van der Waals surface area contributed by atoms with Crippen molar-refractivity contribution in [2.24, 2.45) is 0 Å². The van der Waals surface area contributed by atoms with Gasteiger partial charge >= 0.3 is 0 Å². The standard InChI is InChI=1S/C14H10Cl2FNO/c15-10-4-5-12(16)13(8-10)18-14(19)7-9-2-1-3-11(17)6-9/h1-6,8H,7H2,(H,18,19). The number of hydrogen-bond acceptors (Lipinski definition) is 1. The fourth-order valence-corrected chi connectivity index (χ4v) is 1.96. The Labute approximate surface area is 120 Å². The first-order valence-electron chi connectivity index (χ1n) is 5.54. The molecule has 0 aliphatic carbocycles. The van der Waals surface area contributed by atoms with E-state index in [2.05, 4.69) is 5.32 Å². The Morgan fingerprint density at radius 2 is 1.95 bits per heavy atom. The van der Waals surface area contributed by atoms with Crippen molar-refractivity contribution in [2.45, 2.75) is 6.42 Å². The average molecular weight is 298 g/mol. The van der Waals surface area contributed by atoms with Crippen molar-refractivity contribution in [3.8, 4) is 0 Å². The predicted molar refractivity (Wildman–Crippen MR) is 75.2 cm³/mol. The second kappa shape index (κ2) is 6.04. The lowest BCUT2D eigenvalue weighted by Gasteiger charge is -2.07. The number of rotatable bonds is 3. The van der Waals surface area contributed by atoms with Gasteiger partial charge in [0.15, 0.2) is 0 Å². The van der Waals surface area contributed by atoms with Crippen LogP contribution in [-0.2, 0) is 11.2 Å². The summed E-state index contributed by atoms with van der Waals surface area (Å²) in [6, 6.07) is 10.7. The van der Waals surface area contributed by atoms with Crippen molar-refractivity contribution in [2.75, 3.05) is 5.32 Å². The molecule has 2 aromatic carbocycles. The SMILES string of the molecule is O=C(Cc1cccc(F)c1)Nc1cc(Cl)ccc1Cl. The number of amides is 1. The first-order valence-corrected chi connectivity index (χ1v) is 6.29. The highest BCUT2D eigenvalue weighted by molar-refractivity contribution is 6.35. The molecule has 0 aliphatic rings. The Hall–Kier alpha value is -1.58. The smallest absolute Gasteiger partial charge is 0.228 e. The van der Waals surface area contributed by atoms with Crippen molar-refractivity contribution in [1.82, 2.24) is 0 Å². The van der Waals surface area contributed by atoms with Gasteiger partial charge in [-0.05, 0) is 35.9 Å². The molecule has 5 heteroatoms. The van der Waals surface area contributed by atoms with Gasteiger partial charge in [-0.1, -0.05) is 35.3 Å². The average Bonchev–Trinajstić information content (AvgIpc) is 2.34. The third-order valence-corrected chi connectivity index (χ3v) is 3.02. The van der Waals surface area contributed by atoms with Crippen molar-refractivity contribution in [1.29, 1.82) is 0 Å². The molecule has 0 spiro atoms. The van der Waals surface area contributed by atoms with E-state index in [0.717, 1.165) is 0 Å². The summed E-state index contributed by atoms with van der Waals surface area (Å²) in [6.45, 7) is 0. The van der Waals surface area contributed by atoms with Crippen LogP contribution in [0.5, 0.6) is 0 Å². The van der Waals surface area contributed by atoms with Gasteiger partial charge in [0, 0.05) is 5.02 Å². The molecule has 0 heterocycles. The summed E-state index contributed by atoms with van der Waals surface area (Å²) in [6.07, 6.45) is 0.0700. The summed E-state index contributed by atoms with van der Waals surface area (Å²) >= 11 is 11.8. The van der Waals surface area contributed by atoms with Crippen LogP contribution < -0.4 is 5.32 Å². The summed E-state index contributed by atoms with van der Waals surface area (Å²) in [5.74, 6) is -0.652. The molecule has 0 atom stereocenters. The van der Waals surface area contributed by atoms with Gasteiger partial charge in [-0.25, -0.2) is 4.39 Å². The Kier molecular flexibility index (Phi) is 4.40. The fraction of sp³-hybridized carbons (Fsp3) is 0.0714. The van der Waals surface area contributed by atoms with Crippen LogP contribution in [-0.4, -0.2) is 5.91 Å². The van der Waals surface area contributed by atoms with Crippen LogP contribution in [0.4, 0.5) is 10.1 Å². The minimum atomic E-state index is -0.369. The second-order valence-corrected chi connectivity index (χ2v) is 4.82. The number of hydrogen-bond donors (Lipinski definition) is 1. The molecule has 0 saturated carbocycles. The van der Waals surface area contributed by atoms with Gasteiger partial charge in [0.1, 0.15) is 5.82 Å². The zero-order valence-electron chi connectivity index (χ0n) is 9.79. The largest absolute Gasteiger partial charge is 0.324 e. The topological polar surface area (TPSA) is 29.1 Å². The fourth-order valence-electron chi connectivity index (χ4n) is 1.62. The molecule has 1 amide bonds. The van der Waals surface area contributed by atoms with E-state index in [-0.39, 0.29) is 18.1 Å². The molecular formula is C14H10Cl2FNO. The van der Waals surface area contributed by atoms with Crippen LogP contribution in [0.25, 0.3) is 0 Å². The number of anilines is 1. The highest BCUT2D eigenvalue weighted by Gasteiger charge is 2.08. The molecule has 0 aromatic heterocycles. The number of benzene rings is 2. The third kappa shape index (κ3) is 3.94. The Bertz CT molecular complexity index is 616. The Morgan fingerprint density at radius 1 is 1.16 bits per heavy atom. The van der Waals surface area contributed by atoms with Crippen LogP contribution in [0.2, 0.25) is 10.0 Å². The summed E-state index contributed by atoms with van der Waals surface area (Å²) in [5.41, 5.74) is 1.03. The second-order valence-electron chi connectivity index (χ2n) is 3.98. The number of carbonyl (C=O) groups excluding carboxylic acids is 1. The van der Waals surface area contributed by atoms with Gasteiger partial charge in [-0.3, -0.25) is 4.79 Å². The monoisotopic (exact) mass is 297 g/mol. The molecule has 0 aliphatic heterocycles. The van der Waals surface area contributed by atoms with E-state index in [4.69, 9.17) is 23.2 Å². The third-order valence-electron chi connectivity index (χ3n) is 2.46. The van der Waals surface area contributed by atoms with E-state index in [0.29, 0.717) is 21.3 Å². The predicted octanol–water partition coefficient (Wildman–Crippen LogP) is 4.31. The van der Waals surface area contributed by atoms with Gasteiger partial charge in [-0.2, -0.15) is 0 Å². The van der Waals surface area contributed by atoms with Gasteiger partial charge in [0.05, 0.1) is 17.1 Å². The molecule has 0 fully saturated rings. The minimum Gasteiger partial charge on any atom is -0.324 e. The molecular weight excluding hydrogens is 288 g/mol. The van der Waals surface area contributed by atoms with E-state index < -0.39 is 0 Å². The maximum Gasteiger partial charge on any atom is 0.228 e. The van der Waals surface area contributed by atoms with Crippen molar-refractivity contribution < 1.29 is 9.18 Å². The zero-order chi connectivity index (χ0) is 13.8. The van der Waals surface area contributed by atoms with Crippen LogP contribution >= 0.6 is 23.2 Å². The molecule has 2 nitrogen and oxygen atoms in total. The Balaban J connectivity index is 2.07. The van der Waals surface area contributed by atoms with Gasteiger partial charge in [0.2, 0.25) is 5.91 Å². The zero-order valence-corrected chi connectivity index (χ0v) is 11.3. The van der Waals surface area contributed by atoms with Crippen molar-refractivity contribution in [3.05, 3.63) is 63.9 Å². The highest BCUT2D eigenvalue weighted by Crippen LogP contribution is 2.25. The van der Waals surface area contributed by atoms with E-state index in [1.807, 2.05) is 0 Å². The van der Waals surface area contributed by atoms with E-state index in [1.54, 1.807) is 30.3 Å². The quantitative estimate of drug-likeness (QED) is 0.898. The number of halogens is 3. The van der Waals surface area contributed by atoms with E-state index >= 15 is 0 Å². The Morgan fingerprint density at radius 3 is 2.68 bits per heavy atom. The molecule has 2 rings (SSSR count). The van der Waals surface area contributed by atoms with Crippen LogP contribution in [0.15, 0.2) is 42.5 Å². The van der Waals surface area contributed by atoms with E-state index in [9.17, 15) is 9.18 Å². The molecule has 0 unspecified atom stereocenters. The first kappa shape index (κ1) is 13.8. The summed E-state index contributed by atoms with van der Waals surface area (Å²) in [5, 5.41) is 3.52. The lowest BCUT2D eigenvalue weighted by Crippen LogP contribution is -2.14. The van der Waals surface area contributed by atoms with Gasteiger partial charge in [-0.15, -0.1) is 0 Å². The lowest BCUT2D eigenvalue weighted by molar-refractivity contribution is -0.115. The highest BCUT2D eigenvalue weighted by atomic mass is 35.5. The van der Waals surface area contributed by atoms with Gasteiger partial charge < -0.3 is 5.32 Å². The number of carbonyl (C=O) groups is 1. The molecule has 0 bridgehead atoms. The maximum absolute atomic E-state index is 13.0. The van der Waals surface area contributed by atoms with Crippen molar-refractivity contribution in [3.63, 3.8) is 0 Å². The molecule has 98 valence electrons. The molecule has 1 N–H and O–H groups in total. The molecule has 2 aromatic rings. The van der Waals surface area contributed by atoms with Crippen LogP contribution in [0, 0.1) is 5.82 Å². The summed E-state index contributed by atoms with van der Waals surface area (Å²) in [4.78, 5) is 11.8. The van der Waals surface area contributed by atoms with Crippen LogP contribution in [0.3, 0.4) is 0 Å². The maximum atomic E-state index is 13.0. The molecule has 19 heavy (non-hydrogen) atoms. The number of nitrogens with one attached hydrogen (secondary N) is 1. The first-order chi connectivity index (χ1) is 9.04. The minimum absolute atomic E-state index is 0.0700. The lowest BCUT2D eigenvalue weighted by atomic mass is 10.1. The normalized spacial score (nSPS) is 10.3. The van der Waals surface area contributed by atoms with E-state index in [1.165, 1.54) is 12.1 Å². The van der Waals surface area contributed by atoms with Crippen molar-refractivity contribution >= 4 is 34.8 Å². The van der Waals surface area contributed by atoms with Gasteiger partial charge in [0.25, 0.3) is 0 Å². The summed E-state index contributed by atoms with van der Waals surface area (Å²) < 4.78 is 13.0. The molecule has 0 saturated heterocycles. The molecule has 0 radical (unpaired) electrons. The summed E-state index contributed by atoms with van der Waals surface area (Å²) in [7, 11) is 0. The van der Waals surface area contributed by atoms with Crippen LogP contribution in [0.1, 0.15) is 5.56 Å².